The zero-order valence-electron chi connectivity index (χ0n) is 21.1. The molecule has 4 rings (SSSR count). The second-order valence-corrected chi connectivity index (χ2v) is 8.89. The minimum absolute atomic E-state index is 0.0446. The highest BCUT2D eigenvalue weighted by molar-refractivity contribution is 7.80. The molecule has 3 aromatic rings. The molecule has 2 amide bonds. The van der Waals surface area contributed by atoms with Crippen LogP contribution >= 0.6 is 12.2 Å². The molecule has 0 bridgehead atoms. The molecule has 1 unspecified atom stereocenters. The number of aliphatic imine (C=N–C) groups is 1. The molecule has 1 atom stereocenters. The molecule has 1 saturated heterocycles. The third-order valence-corrected chi connectivity index (χ3v) is 6.73. The van der Waals surface area contributed by atoms with Crippen molar-refractivity contribution in [1.29, 1.82) is 0 Å². The Kier molecular flexibility index (Phi) is 7.12. The summed E-state index contributed by atoms with van der Waals surface area (Å²) >= 11 is 5.44. The number of thiocarbonyl (C=S) groups is 1. The first-order valence-corrected chi connectivity index (χ1v) is 11.9. The number of H-pyrrole nitrogens is 1. The lowest BCUT2D eigenvalue weighted by molar-refractivity contribution is -0.221. The second kappa shape index (κ2) is 10.3. The molecule has 0 radical (unpaired) electrons. The number of carbonyl (C=O) groups is 2. The normalized spacial score (nSPS) is 18.2. The van der Waals surface area contributed by atoms with Crippen molar-refractivity contribution < 1.29 is 14.7 Å². The summed E-state index contributed by atoms with van der Waals surface area (Å²) < 4.78 is 0.776. The molecular formula is C25H25N8O4S-. The maximum absolute atomic E-state index is 13.7. The largest absolute Gasteiger partial charge is 0.845 e. The number of amidine groups is 1. The third-order valence-electron chi connectivity index (χ3n) is 6.18. The molecule has 196 valence electrons. The Morgan fingerprint density at radius 2 is 1.66 bits per heavy atom. The maximum Gasteiger partial charge on any atom is 0.348 e. The minimum atomic E-state index is -1.83. The van der Waals surface area contributed by atoms with E-state index in [1.807, 2.05) is 0 Å². The lowest BCUT2D eigenvalue weighted by Gasteiger charge is -2.33. The Morgan fingerprint density at radius 3 is 2.24 bits per heavy atom. The molecule has 0 saturated carbocycles. The molecule has 38 heavy (non-hydrogen) atoms. The number of benzene rings is 2. The predicted molar refractivity (Wildman–Crippen MR) is 145 cm³/mol. The highest BCUT2D eigenvalue weighted by atomic mass is 32.1. The van der Waals surface area contributed by atoms with E-state index in [1.54, 1.807) is 74.6 Å². The standard InChI is InChI=1S/C25H26N8O4S/c1-15-19(20(34)33(30-15)23(37)27-18-13-9-6-10-14-18)25(21(35)31(3)24(38)32(25)4)16(2)28-29-22(36)26-17-11-7-5-8-12-17/h5-14,30H,1-4H3,(H,27,37)(H2,26,29,36)/p-1/b28-16-. The van der Waals surface area contributed by atoms with Crippen LogP contribution in [0.25, 0.3) is 0 Å². The molecule has 1 aromatic heterocycles. The van der Waals surface area contributed by atoms with Crippen molar-refractivity contribution in [2.75, 3.05) is 19.4 Å². The molecule has 2 heterocycles. The van der Waals surface area contributed by atoms with Crippen LogP contribution in [0.5, 0.6) is 0 Å². The molecule has 0 aliphatic carbocycles. The zero-order valence-corrected chi connectivity index (χ0v) is 21.9. The number of hydrogen-bond acceptors (Lipinski definition) is 7. The average Bonchev–Trinajstić information content (AvgIpc) is 3.29. The van der Waals surface area contributed by atoms with Crippen LogP contribution in [0.15, 0.2) is 75.6 Å². The Hall–Kier alpha value is -4.78. The van der Waals surface area contributed by atoms with Gasteiger partial charge in [-0.3, -0.25) is 25.0 Å². The topological polar surface area (TPSA) is 150 Å². The SMILES string of the molecule is C/C(=N/NC([O-])=Nc1ccccc1)C1(c2c(C)[nH]n(C(=O)Nc3ccccc3)c2=O)C(=O)N(C)C(=S)N1C. The van der Waals surface area contributed by atoms with Gasteiger partial charge in [0.15, 0.2) is 10.7 Å². The molecule has 2 aromatic carbocycles. The van der Waals surface area contributed by atoms with Crippen LogP contribution in [0.2, 0.25) is 0 Å². The molecule has 12 nitrogen and oxygen atoms in total. The lowest BCUT2D eigenvalue weighted by atomic mass is 9.84. The molecule has 0 spiro atoms. The van der Waals surface area contributed by atoms with E-state index in [9.17, 15) is 19.5 Å². The molecule has 3 N–H and O–H groups in total. The van der Waals surface area contributed by atoms with E-state index in [1.165, 1.54) is 23.8 Å². The van der Waals surface area contributed by atoms with Crippen LogP contribution < -0.4 is 21.4 Å². The number of aromatic amines is 1. The van der Waals surface area contributed by atoms with Crippen LogP contribution in [-0.2, 0) is 10.3 Å². The van der Waals surface area contributed by atoms with E-state index in [0.29, 0.717) is 11.4 Å². The Bertz CT molecular complexity index is 1510. The molecule has 1 aliphatic rings. The summed E-state index contributed by atoms with van der Waals surface area (Å²) in [5.74, 6) is -0.574. The van der Waals surface area contributed by atoms with Crippen molar-refractivity contribution in [3.8, 4) is 0 Å². The van der Waals surface area contributed by atoms with Gasteiger partial charge in [-0.25, -0.2) is 9.79 Å². The van der Waals surface area contributed by atoms with Crippen molar-refractivity contribution in [2.45, 2.75) is 19.4 Å². The van der Waals surface area contributed by atoms with E-state index in [4.69, 9.17) is 12.2 Å². The highest BCUT2D eigenvalue weighted by Crippen LogP contribution is 2.37. The molecule has 13 heteroatoms. The summed E-state index contributed by atoms with van der Waals surface area (Å²) in [6, 6.07) is 15.6. The van der Waals surface area contributed by atoms with Gasteiger partial charge in [-0.15, -0.1) is 0 Å². The number of para-hydroxylation sites is 2. The Balaban J connectivity index is 1.79. The van der Waals surface area contributed by atoms with Crippen LogP contribution in [0.1, 0.15) is 18.2 Å². The van der Waals surface area contributed by atoms with Crippen LogP contribution in [-0.4, -0.2) is 62.5 Å². The summed E-state index contributed by atoms with van der Waals surface area (Å²) in [6.07, 6.45) is 0. The van der Waals surface area contributed by atoms with E-state index >= 15 is 0 Å². The number of likely N-dealkylation sites (N-methyl/N-ethyl adjacent to an activating group) is 2. The van der Waals surface area contributed by atoms with Gasteiger partial charge in [0.2, 0.25) is 0 Å². The van der Waals surface area contributed by atoms with Crippen molar-refractivity contribution in [3.63, 3.8) is 0 Å². The van der Waals surface area contributed by atoms with Crippen molar-refractivity contribution in [1.82, 2.24) is 25.0 Å². The lowest BCUT2D eigenvalue weighted by Crippen LogP contribution is -2.54. The number of aromatic nitrogens is 2. The highest BCUT2D eigenvalue weighted by Gasteiger charge is 2.59. The smallest absolute Gasteiger partial charge is 0.348 e. The number of hydrogen-bond donors (Lipinski definition) is 3. The first kappa shape index (κ1) is 26.3. The summed E-state index contributed by atoms with van der Waals surface area (Å²) in [6.45, 7) is 3.04. The average molecular weight is 534 g/mol. The summed E-state index contributed by atoms with van der Waals surface area (Å²) in [7, 11) is 3.02. The fraction of sp³-hybridized carbons (Fsp3) is 0.200. The van der Waals surface area contributed by atoms with Gasteiger partial charge in [0.25, 0.3) is 11.5 Å². The van der Waals surface area contributed by atoms with E-state index in [-0.39, 0.29) is 22.1 Å². The van der Waals surface area contributed by atoms with Crippen LogP contribution in [0.3, 0.4) is 0 Å². The summed E-state index contributed by atoms with van der Waals surface area (Å²) in [4.78, 5) is 46.9. The van der Waals surface area contributed by atoms with E-state index < -0.39 is 29.1 Å². The van der Waals surface area contributed by atoms with Gasteiger partial charge < -0.3 is 15.3 Å². The van der Waals surface area contributed by atoms with Crippen molar-refractivity contribution >= 4 is 52.4 Å². The van der Waals surface area contributed by atoms with Gasteiger partial charge in [-0.05, 0) is 50.3 Å². The number of aryl methyl sites for hydroxylation is 1. The number of carbonyl (C=O) groups excluding carboxylic acids is 2. The van der Waals surface area contributed by atoms with Gasteiger partial charge >= 0.3 is 6.03 Å². The maximum atomic E-state index is 13.7. The molecular weight excluding hydrogens is 508 g/mol. The van der Waals surface area contributed by atoms with E-state index in [2.05, 4.69) is 25.9 Å². The van der Waals surface area contributed by atoms with Crippen molar-refractivity contribution in [2.24, 2.45) is 10.1 Å². The zero-order chi connectivity index (χ0) is 27.6. The van der Waals surface area contributed by atoms with Crippen LogP contribution in [0, 0.1) is 6.92 Å². The summed E-state index contributed by atoms with van der Waals surface area (Å²) in [5, 5.41) is 22.1. The summed E-state index contributed by atoms with van der Waals surface area (Å²) in [5.41, 5.74) is 0.829. The number of amides is 2. The third kappa shape index (κ3) is 4.43. The molecule has 1 aliphatic heterocycles. The first-order chi connectivity index (χ1) is 18.1. The van der Waals surface area contributed by atoms with Gasteiger partial charge in [-0.1, -0.05) is 36.4 Å². The van der Waals surface area contributed by atoms with Gasteiger partial charge in [0.05, 0.1) is 23.0 Å². The Morgan fingerprint density at radius 1 is 1.05 bits per heavy atom. The van der Waals surface area contributed by atoms with E-state index in [0.717, 1.165) is 4.68 Å². The van der Waals surface area contributed by atoms with Crippen molar-refractivity contribution in [3.05, 3.63) is 82.3 Å². The number of nitrogens with zero attached hydrogens (tertiary/aromatic N) is 5. The fourth-order valence-electron chi connectivity index (χ4n) is 4.37. The number of anilines is 1. The van der Waals surface area contributed by atoms with Gasteiger partial charge in [-0.2, -0.15) is 9.78 Å². The number of rotatable bonds is 5. The van der Waals surface area contributed by atoms with Crippen LogP contribution in [0.4, 0.5) is 16.2 Å². The predicted octanol–water partition coefficient (Wildman–Crippen LogP) is 1.46. The number of nitrogens with one attached hydrogen (secondary N) is 3. The monoisotopic (exact) mass is 533 g/mol. The number of hydrazone groups is 1. The van der Waals surface area contributed by atoms with Gasteiger partial charge in [0, 0.05) is 25.5 Å². The van der Waals surface area contributed by atoms with Gasteiger partial charge in [0.1, 0.15) is 0 Å². The first-order valence-electron chi connectivity index (χ1n) is 11.4. The Labute approximate surface area is 223 Å². The quantitative estimate of drug-likeness (QED) is 0.194. The second-order valence-electron chi connectivity index (χ2n) is 8.53. The molecule has 1 fully saturated rings. The fourth-order valence-corrected chi connectivity index (χ4v) is 4.59. The minimum Gasteiger partial charge on any atom is -0.845 e.